The average Bonchev–Trinajstić information content (AvgIpc) is 3.37. The lowest BCUT2D eigenvalue weighted by atomic mass is 10.1. The van der Waals surface area contributed by atoms with Crippen molar-refractivity contribution >= 4 is 29.6 Å². The lowest BCUT2D eigenvalue weighted by molar-refractivity contribution is -0.155. The van der Waals surface area contributed by atoms with Crippen LogP contribution in [0.5, 0.6) is 0 Å². The van der Waals surface area contributed by atoms with Gasteiger partial charge in [-0.3, -0.25) is 19.5 Å². The highest BCUT2D eigenvalue weighted by Gasteiger charge is 2.27. The molecule has 0 unspecified atom stereocenters. The minimum absolute atomic E-state index is 0.130. The first-order valence-electron chi connectivity index (χ1n) is 13.9. The molecular weight excluding hydrogens is 526 g/mol. The van der Waals surface area contributed by atoms with Crippen LogP contribution in [0.3, 0.4) is 0 Å². The highest BCUT2D eigenvalue weighted by atomic mass is 16.6. The molecule has 1 aromatic heterocycles. The van der Waals surface area contributed by atoms with Crippen molar-refractivity contribution in [3.8, 4) is 11.4 Å². The maximum absolute atomic E-state index is 13.7. The van der Waals surface area contributed by atoms with Gasteiger partial charge in [0.2, 0.25) is 0 Å². The highest BCUT2D eigenvalue weighted by Crippen LogP contribution is 2.22. The average molecular weight is 566 g/mol. The fourth-order valence-corrected chi connectivity index (χ4v) is 4.83. The van der Waals surface area contributed by atoms with E-state index in [0.717, 1.165) is 11.4 Å². The number of esters is 1. The van der Waals surface area contributed by atoms with Crippen molar-refractivity contribution in [2.24, 2.45) is 4.99 Å². The minimum Gasteiger partial charge on any atom is -0.465 e. The van der Waals surface area contributed by atoms with Gasteiger partial charge in [0.1, 0.15) is 22.9 Å². The van der Waals surface area contributed by atoms with Crippen LogP contribution < -0.4 is 10.2 Å². The number of aromatic nitrogens is 2. The standard InChI is InChI=1S/C29H39N7O5/c1-20-30-12-13-36(20)24-18-23(32-26(33-24)21-8-6-5-7-9-21)27(38)31-22(10-11-25(37)41-29(2,3)4)19-34-14-16-35(17-15-34)28(39)40/h5-9,18,22H,10-17,19H2,1-4H3,(H,31,38)(H,39,40)/t22-/m0/s1. The van der Waals surface area contributed by atoms with Gasteiger partial charge in [0.05, 0.1) is 6.54 Å². The first kappa shape index (κ1) is 29.9. The fraction of sp³-hybridized carbons (Fsp3) is 0.517. The summed E-state index contributed by atoms with van der Waals surface area (Å²) in [6, 6.07) is 10.8. The summed E-state index contributed by atoms with van der Waals surface area (Å²) in [4.78, 5) is 56.7. The van der Waals surface area contributed by atoms with Crippen LogP contribution in [0, 0.1) is 0 Å². The summed E-state index contributed by atoms with van der Waals surface area (Å²) in [5.41, 5.74) is 0.395. The van der Waals surface area contributed by atoms with E-state index in [-0.39, 0.29) is 30.0 Å². The molecule has 220 valence electrons. The number of piperazine rings is 1. The number of amidine groups is 1. The summed E-state index contributed by atoms with van der Waals surface area (Å²) >= 11 is 0. The molecule has 2 N–H and O–H groups in total. The maximum Gasteiger partial charge on any atom is 0.407 e. The number of hydrogen-bond donors (Lipinski definition) is 2. The van der Waals surface area contributed by atoms with Crippen LogP contribution in [0.1, 0.15) is 51.0 Å². The van der Waals surface area contributed by atoms with Gasteiger partial charge in [0.15, 0.2) is 5.82 Å². The van der Waals surface area contributed by atoms with Crippen molar-refractivity contribution in [3.63, 3.8) is 0 Å². The number of amides is 2. The molecule has 0 aliphatic carbocycles. The number of rotatable bonds is 9. The molecule has 12 heteroatoms. The molecule has 2 aliphatic rings. The highest BCUT2D eigenvalue weighted by molar-refractivity contribution is 5.99. The number of carboxylic acid groups (broad SMARTS) is 1. The van der Waals surface area contributed by atoms with Crippen LogP contribution in [0.4, 0.5) is 10.6 Å². The van der Waals surface area contributed by atoms with E-state index in [1.807, 2.05) is 62.9 Å². The molecule has 12 nitrogen and oxygen atoms in total. The van der Waals surface area contributed by atoms with E-state index >= 15 is 0 Å². The zero-order valence-corrected chi connectivity index (χ0v) is 24.2. The first-order valence-corrected chi connectivity index (χ1v) is 13.9. The number of carbonyl (C=O) groups is 3. The Morgan fingerprint density at radius 1 is 1.05 bits per heavy atom. The van der Waals surface area contributed by atoms with Crippen molar-refractivity contribution in [1.82, 2.24) is 25.1 Å². The predicted molar refractivity (Wildman–Crippen MR) is 155 cm³/mol. The molecule has 0 radical (unpaired) electrons. The van der Waals surface area contributed by atoms with E-state index < -0.39 is 11.7 Å². The number of ether oxygens (including phenoxy) is 1. The fourth-order valence-electron chi connectivity index (χ4n) is 4.83. The smallest absolute Gasteiger partial charge is 0.407 e. The third-order valence-electron chi connectivity index (χ3n) is 6.88. The van der Waals surface area contributed by atoms with Crippen LogP contribution in [-0.2, 0) is 9.53 Å². The summed E-state index contributed by atoms with van der Waals surface area (Å²) in [7, 11) is 0. The largest absolute Gasteiger partial charge is 0.465 e. The third-order valence-corrected chi connectivity index (χ3v) is 6.88. The Labute approximate surface area is 240 Å². The Morgan fingerprint density at radius 2 is 1.76 bits per heavy atom. The van der Waals surface area contributed by atoms with E-state index in [0.29, 0.717) is 63.9 Å². The van der Waals surface area contributed by atoms with Crippen molar-refractivity contribution in [2.75, 3.05) is 50.7 Å². The number of aliphatic imine (C=N–C) groups is 1. The Hall–Kier alpha value is -4.06. The van der Waals surface area contributed by atoms with E-state index in [4.69, 9.17) is 9.72 Å². The van der Waals surface area contributed by atoms with Gasteiger partial charge in [-0.1, -0.05) is 30.3 Å². The van der Waals surface area contributed by atoms with Crippen LogP contribution >= 0.6 is 0 Å². The summed E-state index contributed by atoms with van der Waals surface area (Å²) in [6.45, 7) is 11.0. The van der Waals surface area contributed by atoms with Gasteiger partial charge >= 0.3 is 12.1 Å². The van der Waals surface area contributed by atoms with Crippen molar-refractivity contribution in [1.29, 1.82) is 0 Å². The molecule has 4 rings (SSSR count). The van der Waals surface area contributed by atoms with E-state index in [9.17, 15) is 19.5 Å². The number of nitrogens with zero attached hydrogens (tertiary/aromatic N) is 6. The van der Waals surface area contributed by atoms with Crippen LogP contribution in [0.25, 0.3) is 11.4 Å². The van der Waals surface area contributed by atoms with Gasteiger partial charge in [-0.05, 0) is 34.1 Å². The zero-order valence-electron chi connectivity index (χ0n) is 24.2. The molecule has 3 heterocycles. The van der Waals surface area contributed by atoms with Crippen molar-refractivity contribution in [3.05, 3.63) is 42.1 Å². The van der Waals surface area contributed by atoms with Crippen LogP contribution in [0.15, 0.2) is 41.4 Å². The van der Waals surface area contributed by atoms with E-state index in [2.05, 4.69) is 20.2 Å². The van der Waals surface area contributed by atoms with Crippen LogP contribution in [-0.4, -0.2) is 106 Å². The molecule has 0 saturated carbocycles. The maximum atomic E-state index is 13.7. The number of carbonyl (C=O) groups excluding carboxylic acids is 2. The summed E-state index contributed by atoms with van der Waals surface area (Å²) in [5, 5.41) is 12.4. The molecule has 0 bridgehead atoms. The quantitative estimate of drug-likeness (QED) is 0.439. The van der Waals surface area contributed by atoms with Gasteiger partial charge < -0.3 is 25.0 Å². The molecule has 1 fully saturated rings. The Bertz CT molecular complexity index is 1270. The van der Waals surface area contributed by atoms with Crippen molar-refractivity contribution in [2.45, 2.75) is 52.2 Å². The summed E-state index contributed by atoms with van der Waals surface area (Å²) in [6.07, 6.45) is -0.446. The Kier molecular flexibility index (Phi) is 9.53. The van der Waals surface area contributed by atoms with Gasteiger partial charge in [0.25, 0.3) is 5.91 Å². The molecule has 2 aromatic rings. The molecule has 41 heavy (non-hydrogen) atoms. The summed E-state index contributed by atoms with van der Waals surface area (Å²) in [5.74, 6) is 1.13. The lowest BCUT2D eigenvalue weighted by Crippen LogP contribution is -2.52. The van der Waals surface area contributed by atoms with E-state index in [1.165, 1.54) is 4.90 Å². The SMILES string of the molecule is CC1=NCCN1c1cc(C(=O)N[C@@H](CCC(=O)OC(C)(C)C)CN2CCN(C(=O)O)CC2)nc(-c2ccccc2)n1. The minimum atomic E-state index is -0.938. The predicted octanol–water partition coefficient (Wildman–Crippen LogP) is 2.90. The molecule has 2 aliphatic heterocycles. The van der Waals surface area contributed by atoms with Gasteiger partial charge in [-0.25, -0.2) is 14.8 Å². The zero-order chi connectivity index (χ0) is 29.6. The van der Waals surface area contributed by atoms with Gasteiger partial charge in [-0.2, -0.15) is 0 Å². The monoisotopic (exact) mass is 565 g/mol. The number of benzene rings is 1. The molecule has 1 saturated heterocycles. The lowest BCUT2D eigenvalue weighted by Gasteiger charge is -2.35. The third kappa shape index (κ3) is 8.46. The first-order chi connectivity index (χ1) is 19.5. The van der Waals surface area contributed by atoms with Crippen molar-refractivity contribution < 1.29 is 24.2 Å². The van der Waals surface area contributed by atoms with Crippen LogP contribution in [0.2, 0.25) is 0 Å². The molecule has 0 spiro atoms. The molecular formula is C29H39N7O5. The molecule has 1 aromatic carbocycles. The Morgan fingerprint density at radius 3 is 2.37 bits per heavy atom. The second-order valence-corrected chi connectivity index (χ2v) is 11.2. The second kappa shape index (κ2) is 13.1. The number of hydrogen-bond acceptors (Lipinski definition) is 9. The van der Waals surface area contributed by atoms with Gasteiger partial charge in [-0.15, -0.1) is 0 Å². The van der Waals surface area contributed by atoms with E-state index in [1.54, 1.807) is 6.07 Å². The molecule has 1 atom stereocenters. The normalized spacial score (nSPS) is 16.7. The number of anilines is 1. The number of nitrogens with one attached hydrogen (secondary N) is 1. The summed E-state index contributed by atoms with van der Waals surface area (Å²) < 4.78 is 5.48. The topological polar surface area (TPSA) is 141 Å². The Balaban J connectivity index is 1.54. The second-order valence-electron chi connectivity index (χ2n) is 11.2. The molecule has 2 amide bonds. The van der Waals surface area contributed by atoms with Gasteiger partial charge in [0, 0.05) is 63.4 Å².